The van der Waals surface area contributed by atoms with Crippen molar-refractivity contribution in [1.82, 2.24) is 4.90 Å². The number of ether oxygens (including phenoxy) is 3. The van der Waals surface area contributed by atoms with E-state index in [1.165, 1.54) is 6.42 Å². The third kappa shape index (κ3) is 3.91. The molecule has 0 saturated carbocycles. The van der Waals surface area contributed by atoms with Gasteiger partial charge in [-0.2, -0.15) is 0 Å². The van der Waals surface area contributed by atoms with Gasteiger partial charge in [0, 0.05) is 19.6 Å². The van der Waals surface area contributed by atoms with E-state index >= 15 is 0 Å². The Morgan fingerprint density at radius 3 is 2.82 bits per heavy atom. The average Bonchev–Trinajstić information content (AvgIpc) is 2.77. The Morgan fingerprint density at radius 2 is 2.06 bits per heavy atom. The van der Waals surface area contributed by atoms with E-state index in [4.69, 9.17) is 14.2 Å². The summed E-state index contributed by atoms with van der Waals surface area (Å²) in [6.45, 7) is 8.46. The first-order chi connectivity index (χ1) is 8.35. The topological polar surface area (TPSA) is 30.9 Å². The van der Waals surface area contributed by atoms with Crippen LogP contribution in [0.25, 0.3) is 0 Å². The Kier molecular flexibility index (Phi) is 5.22. The highest BCUT2D eigenvalue weighted by molar-refractivity contribution is 4.83. The average molecular weight is 243 g/mol. The Bertz CT molecular complexity index is 217. The van der Waals surface area contributed by atoms with Crippen molar-refractivity contribution in [1.29, 1.82) is 0 Å². The number of nitrogens with zero attached hydrogens (tertiary/aromatic N) is 1. The van der Waals surface area contributed by atoms with Crippen molar-refractivity contribution in [3.05, 3.63) is 0 Å². The zero-order valence-corrected chi connectivity index (χ0v) is 11.0. The van der Waals surface area contributed by atoms with Crippen LogP contribution in [0.4, 0.5) is 0 Å². The molecule has 4 nitrogen and oxygen atoms in total. The quantitative estimate of drug-likeness (QED) is 0.664. The molecule has 1 spiro atoms. The molecule has 100 valence electrons. The van der Waals surface area contributed by atoms with Gasteiger partial charge < -0.3 is 14.2 Å². The highest BCUT2D eigenvalue weighted by atomic mass is 16.7. The van der Waals surface area contributed by atoms with E-state index < -0.39 is 0 Å². The molecule has 2 rings (SSSR count). The number of rotatable bonds is 6. The molecule has 2 heterocycles. The van der Waals surface area contributed by atoms with Crippen molar-refractivity contribution in [2.75, 3.05) is 46.1 Å². The van der Waals surface area contributed by atoms with Gasteiger partial charge in [0.25, 0.3) is 0 Å². The van der Waals surface area contributed by atoms with Crippen LogP contribution in [-0.2, 0) is 14.2 Å². The molecule has 0 aliphatic carbocycles. The Hall–Kier alpha value is -0.160. The largest absolute Gasteiger partial charge is 0.380 e. The standard InChI is InChI=1S/C13H25NO3/c1-2-3-8-15-9-7-14-6-4-5-13(12-14)16-10-11-17-13/h2-12H2,1H3. The van der Waals surface area contributed by atoms with Gasteiger partial charge in [0.15, 0.2) is 5.79 Å². The van der Waals surface area contributed by atoms with E-state index in [9.17, 15) is 0 Å². The third-order valence-corrected chi connectivity index (χ3v) is 3.50. The number of piperidine rings is 1. The summed E-state index contributed by atoms with van der Waals surface area (Å²) in [5, 5.41) is 0. The van der Waals surface area contributed by atoms with Gasteiger partial charge in [0.1, 0.15) is 0 Å². The van der Waals surface area contributed by atoms with Crippen LogP contribution < -0.4 is 0 Å². The van der Waals surface area contributed by atoms with E-state index in [-0.39, 0.29) is 5.79 Å². The highest BCUT2D eigenvalue weighted by Gasteiger charge is 2.40. The normalized spacial score (nSPS) is 24.5. The van der Waals surface area contributed by atoms with Gasteiger partial charge in [-0.3, -0.25) is 4.90 Å². The summed E-state index contributed by atoms with van der Waals surface area (Å²) < 4.78 is 17.1. The monoisotopic (exact) mass is 243 g/mol. The molecular formula is C13H25NO3. The molecule has 17 heavy (non-hydrogen) atoms. The molecule has 2 saturated heterocycles. The lowest BCUT2D eigenvalue weighted by molar-refractivity contribution is -0.190. The molecule has 0 aromatic carbocycles. The Morgan fingerprint density at radius 1 is 1.24 bits per heavy atom. The Labute approximate surface area is 104 Å². The number of hydrogen-bond donors (Lipinski definition) is 0. The zero-order valence-electron chi connectivity index (χ0n) is 11.0. The lowest BCUT2D eigenvalue weighted by atomic mass is 10.0. The number of hydrogen-bond acceptors (Lipinski definition) is 4. The van der Waals surface area contributed by atoms with Crippen LogP contribution in [0, 0.1) is 0 Å². The summed E-state index contributed by atoms with van der Waals surface area (Å²) >= 11 is 0. The molecule has 0 aromatic rings. The van der Waals surface area contributed by atoms with E-state index in [2.05, 4.69) is 11.8 Å². The van der Waals surface area contributed by atoms with Crippen molar-refractivity contribution in [3.63, 3.8) is 0 Å². The van der Waals surface area contributed by atoms with Gasteiger partial charge in [-0.25, -0.2) is 0 Å². The molecule has 0 amide bonds. The van der Waals surface area contributed by atoms with Crippen molar-refractivity contribution >= 4 is 0 Å². The first-order valence-corrected chi connectivity index (χ1v) is 6.93. The summed E-state index contributed by atoms with van der Waals surface area (Å²) in [4.78, 5) is 2.40. The minimum atomic E-state index is -0.290. The summed E-state index contributed by atoms with van der Waals surface area (Å²) in [5.74, 6) is -0.290. The maximum Gasteiger partial charge on any atom is 0.181 e. The highest BCUT2D eigenvalue weighted by Crippen LogP contribution is 2.29. The van der Waals surface area contributed by atoms with Gasteiger partial charge in [0.2, 0.25) is 0 Å². The molecule has 4 heteroatoms. The fraction of sp³-hybridized carbons (Fsp3) is 1.00. The predicted molar refractivity (Wildman–Crippen MR) is 66.0 cm³/mol. The molecule has 0 atom stereocenters. The molecule has 0 aromatic heterocycles. The first kappa shape index (κ1) is 13.3. The van der Waals surface area contributed by atoms with Gasteiger partial charge in [0.05, 0.1) is 26.4 Å². The summed E-state index contributed by atoms with van der Waals surface area (Å²) in [7, 11) is 0. The van der Waals surface area contributed by atoms with E-state index in [0.29, 0.717) is 0 Å². The van der Waals surface area contributed by atoms with E-state index in [1.54, 1.807) is 0 Å². The van der Waals surface area contributed by atoms with E-state index in [0.717, 1.165) is 65.3 Å². The molecular weight excluding hydrogens is 218 g/mol. The molecule has 0 unspecified atom stereocenters. The van der Waals surface area contributed by atoms with Gasteiger partial charge in [-0.1, -0.05) is 13.3 Å². The van der Waals surface area contributed by atoms with Crippen LogP contribution in [0.2, 0.25) is 0 Å². The van der Waals surface area contributed by atoms with Crippen LogP contribution in [0.5, 0.6) is 0 Å². The van der Waals surface area contributed by atoms with Crippen molar-refractivity contribution in [2.24, 2.45) is 0 Å². The van der Waals surface area contributed by atoms with Crippen molar-refractivity contribution in [2.45, 2.75) is 38.4 Å². The number of unbranched alkanes of at least 4 members (excludes halogenated alkanes) is 1. The second kappa shape index (κ2) is 6.69. The summed E-state index contributed by atoms with van der Waals surface area (Å²) in [6.07, 6.45) is 4.57. The molecule has 2 fully saturated rings. The van der Waals surface area contributed by atoms with Gasteiger partial charge in [-0.15, -0.1) is 0 Å². The molecule has 0 bridgehead atoms. The maximum atomic E-state index is 5.75. The lowest BCUT2D eigenvalue weighted by Crippen LogP contribution is -2.49. The molecule has 2 aliphatic heterocycles. The van der Waals surface area contributed by atoms with Gasteiger partial charge >= 0.3 is 0 Å². The van der Waals surface area contributed by atoms with Crippen LogP contribution in [0.3, 0.4) is 0 Å². The molecule has 0 N–H and O–H groups in total. The summed E-state index contributed by atoms with van der Waals surface area (Å²) in [6, 6.07) is 0. The lowest BCUT2D eigenvalue weighted by Gasteiger charge is -2.38. The SMILES string of the molecule is CCCCOCCN1CCCC2(C1)OCCO2. The van der Waals surface area contributed by atoms with E-state index in [1.807, 2.05) is 0 Å². The fourth-order valence-electron chi connectivity index (χ4n) is 2.54. The van der Waals surface area contributed by atoms with Crippen LogP contribution >= 0.6 is 0 Å². The minimum Gasteiger partial charge on any atom is -0.380 e. The smallest absolute Gasteiger partial charge is 0.181 e. The number of likely N-dealkylation sites (tertiary alicyclic amines) is 1. The van der Waals surface area contributed by atoms with Crippen molar-refractivity contribution < 1.29 is 14.2 Å². The second-order valence-electron chi connectivity index (χ2n) is 4.95. The van der Waals surface area contributed by atoms with Crippen LogP contribution in [0.15, 0.2) is 0 Å². The molecule has 2 aliphatic rings. The van der Waals surface area contributed by atoms with Gasteiger partial charge in [-0.05, 0) is 19.4 Å². The predicted octanol–water partition coefficient (Wildman–Crippen LogP) is 1.64. The summed E-state index contributed by atoms with van der Waals surface area (Å²) in [5.41, 5.74) is 0. The first-order valence-electron chi connectivity index (χ1n) is 6.93. The maximum absolute atomic E-state index is 5.75. The zero-order chi connectivity index (χ0) is 12.0. The Balaban J connectivity index is 1.63. The molecule has 0 radical (unpaired) electrons. The third-order valence-electron chi connectivity index (χ3n) is 3.50. The van der Waals surface area contributed by atoms with Crippen LogP contribution in [0.1, 0.15) is 32.6 Å². The van der Waals surface area contributed by atoms with Crippen LogP contribution in [-0.4, -0.2) is 56.7 Å². The minimum absolute atomic E-state index is 0.290. The van der Waals surface area contributed by atoms with Crippen molar-refractivity contribution in [3.8, 4) is 0 Å². The fourth-order valence-corrected chi connectivity index (χ4v) is 2.54. The second-order valence-corrected chi connectivity index (χ2v) is 4.95.